The van der Waals surface area contributed by atoms with E-state index in [1.807, 2.05) is 6.07 Å². The lowest BCUT2D eigenvalue weighted by atomic mass is 10.1. The van der Waals surface area contributed by atoms with Crippen molar-refractivity contribution in [3.63, 3.8) is 0 Å². The number of ether oxygens (including phenoxy) is 2. The Kier molecular flexibility index (Phi) is 5.20. The highest BCUT2D eigenvalue weighted by molar-refractivity contribution is 6.06. The van der Waals surface area contributed by atoms with Crippen LogP contribution in [0.2, 0.25) is 0 Å². The van der Waals surface area contributed by atoms with Crippen LogP contribution in [0.15, 0.2) is 72.9 Å². The first-order valence-electron chi connectivity index (χ1n) is 8.88. The van der Waals surface area contributed by atoms with Crippen LogP contribution in [0.4, 0.5) is 11.5 Å². The summed E-state index contributed by atoms with van der Waals surface area (Å²) < 4.78 is 10.6. The summed E-state index contributed by atoms with van der Waals surface area (Å²) in [5.41, 5.74) is 1.74. The van der Waals surface area contributed by atoms with E-state index in [9.17, 15) is 9.59 Å². The second-order valence-electron chi connectivity index (χ2n) is 6.19. The second-order valence-corrected chi connectivity index (χ2v) is 6.19. The van der Waals surface area contributed by atoms with Gasteiger partial charge in [-0.3, -0.25) is 9.59 Å². The van der Waals surface area contributed by atoms with Crippen molar-refractivity contribution in [2.75, 3.05) is 17.4 Å². The van der Waals surface area contributed by atoms with Crippen molar-refractivity contribution >= 4 is 29.4 Å². The van der Waals surface area contributed by atoms with E-state index in [4.69, 9.17) is 9.47 Å². The molecule has 4 rings (SSSR count). The minimum absolute atomic E-state index is 0.202. The molecule has 0 bridgehead atoms. The van der Waals surface area contributed by atoms with Gasteiger partial charge < -0.3 is 20.1 Å². The number of nitrogens with one attached hydrogen (secondary N) is 2. The monoisotopic (exact) mass is 387 g/mol. The Hall–Kier alpha value is -4.13. The van der Waals surface area contributed by atoms with Crippen LogP contribution >= 0.6 is 0 Å². The van der Waals surface area contributed by atoms with E-state index in [0.29, 0.717) is 28.6 Å². The highest BCUT2D eigenvalue weighted by atomic mass is 16.7. The summed E-state index contributed by atoms with van der Waals surface area (Å²) in [6.07, 6.45) is 4.69. The molecule has 144 valence electrons. The van der Waals surface area contributed by atoms with Gasteiger partial charge in [-0.25, -0.2) is 4.98 Å². The van der Waals surface area contributed by atoms with Crippen molar-refractivity contribution in [2.24, 2.45) is 0 Å². The molecule has 0 spiro atoms. The van der Waals surface area contributed by atoms with E-state index >= 15 is 0 Å². The lowest BCUT2D eigenvalue weighted by Crippen LogP contribution is -2.14. The Balaban J connectivity index is 1.39. The van der Waals surface area contributed by atoms with E-state index in [1.54, 1.807) is 66.9 Å². The lowest BCUT2D eigenvalue weighted by Gasteiger charge is -2.07. The minimum Gasteiger partial charge on any atom is -0.454 e. The Bertz CT molecular complexity index is 1080. The number of hydrogen-bond acceptors (Lipinski definition) is 5. The molecule has 0 unspecified atom stereocenters. The third-order valence-electron chi connectivity index (χ3n) is 4.12. The summed E-state index contributed by atoms with van der Waals surface area (Å²) in [6, 6.07) is 17.4. The van der Waals surface area contributed by atoms with Crippen LogP contribution in [0.5, 0.6) is 11.5 Å². The maximum atomic E-state index is 12.4. The van der Waals surface area contributed by atoms with Gasteiger partial charge in [-0.15, -0.1) is 0 Å². The molecule has 7 nitrogen and oxygen atoms in total. The van der Waals surface area contributed by atoms with Crippen LogP contribution in [0.25, 0.3) is 6.08 Å². The molecule has 2 aromatic carbocycles. The Morgan fingerprint density at radius 2 is 1.83 bits per heavy atom. The summed E-state index contributed by atoms with van der Waals surface area (Å²) >= 11 is 0. The zero-order valence-corrected chi connectivity index (χ0v) is 15.3. The summed E-state index contributed by atoms with van der Waals surface area (Å²) in [5, 5.41) is 5.45. The molecule has 7 heteroatoms. The molecule has 0 aliphatic carbocycles. The number of nitrogens with zero attached hydrogens (tertiary/aromatic N) is 1. The molecule has 2 heterocycles. The molecular formula is C22H17N3O4. The molecule has 0 atom stereocenters. The number of aromatic nitrogens is 1. The quantitative estimate of drug-likeness (QED) is 0.652. The van der Waals surface area contributed by atoms with Crippen LogP contribution < -0.4 is 20.1 Å². The third-order valence-corrected chi connectivity index (χ3v) is 4.12. The maximum Gasteiger partial charge on any atom is 0.256 e. The van der Waals surface area contributed by atoms with Crippen LogP contribution in [-0.4, -0.2) is 23.6 Å². The maximum absolute atomic E-state index is 12.4. The highest BCUT2D eigenvalue weighted by Crippen LogP contribution is 2.32. The van der Waals surface area contributed by atoms with Gasteiger partial charge in [0.15, 0.2) is 11.5 Å². The largest absolute Gasteiger partial charge is 0.454 e. The molecule has 2 N–H and O–H groups in total. The average molecular weight is 387 g/mol. The molecule has 0 saturated heterocycles. The lowest BCUT2D eigenvalue weighted by molar-refractivity contribution is -0.111. The van der Waals surface area contributed by atoms with Crippen LogP contribution in [0, 0.1) is 0 Å². The van der Waals surface area contributed by atoms with Gasteiger partial charge >= 0.3 is 0 Å². The van der Waals surface area contributed by atoms with Gasteiger partial charge in [0.2, 0.25) is 12.7 Å². The molecule has 1 aliphatic rings. The molecule has 0 fully saturated rings. The topological polar surface area (TPSA) is 89.5 Å². The number of rotatable bonds is 5. The second kappa shape index (κ2) is 8.26. The van der Waals surface area contributed by atoms with Crippen molar-refractivity contribution in [1.82, 2.24) is 4.98 Å². The van der Waals surface area contributed by atoms with Crippen LogP contribution in [0.1, 0.15) is 15.9 Å². The fraction of sp³-hybridized carbons (Fsp3) is 0.0455. The Morgan fingerprint density at radius 3 is 2.69 bits per heavy atom. The van der Waals surface area contributed by atoms with E-state index in [-0.39, 0.29) is 18.6 Å². The normalized spacial score (nSPS) is 12.0. The third kappa shape index (κ3) is 4.59. The molecule has 29 heavy (non-hydrogen) atoms. The number of anilines is 2. The molecule has 2 amide bonds. The van der Waals surface area contributed by atoms with Gasteiger partial charge in [0.25, 0.3) is 5.91 Å². The number of carbonyl (C=O) groups is 2. The van der Waals surface area contributed by atoms with Crippen molar-refractivity contribution in [3.05, 3.63) is 84.1 Å². The number of benzene rings is 2. The SMILES string of the molecule is O=C(C=Cc1ccc2c(c1)OCO2)Nc1cccc(C(=O)Nc2ccccn2)c1. The first kappa shape index (κ1) is 18.2. The number of fused-ring (bicyclic) bond motifs is 1. The van der Waals surface area contributed by atoms with Gasteiger partial charge in [0, 0.05) is 23.5 Å². The van der Waals surface area contributed by atoms with E-state index in [2.05, 4.69) is 15.6 Å². The first-order chi connectivity index (χ1) is 14.2. The van der Waals surface area contributed by atoms with E-state index < -0.39 is 0 Å². The minimum atomic E-state index is -0.315. The molecule has 0 radical (unpaired) electrons. The van der Waals surface area contributed by atoms with Gasteiger partial charge in [-0.05, 0) is 54.1 Å². The van der Waals surface area contributed by atoms with Crippen molar-refractivity contribution < 1.29 is 19.1 Å². The van der Waals surface area contributed by atoms with Crippen LogP contribution in [-0.2, 0) is 4.79 Å². The first-order valence-corrected chi connectivity index (χ1v) is 8.88. The van der Waals surface area contributed by atoms with Crippen molar-refractivity contribution in [1.29, 1.82) is 0 Å². The standard InChI is InChI=1S/C22H17N3O4/c26-21(10-8-15-7-9-18-19(12-15)29-14-28-18)24-17-5-3-4-16(13-17)22(27)25-20-6-1-2-11-23-20/h1-13H,14H2,(H,24,26)(H,23,25,27). The van der Waals surface area contributed by atoms with Gasteiger partial charge in [-0.1, -0.05) is 18.2 Å². The van der Waals surface area contributed by atoms with Gasteiger partial charge in [0.05, 0.1) is 0 Å². The smallest absolute Gasteiger partial charge is 0.256 e. The molecular weight excluding hydrogens is 370 g/mol. The summed E-state index contributed by atoms with van der Waals surface area (Å²) in [7, 11) is 0. The summed E-state index contributed by atoms with van der Waals surface area (Å²) in [6.45, 7) is 0.202. The Morgan fingerprint density at radius 1 is 0.931 bits per heavy atom. The fourth-order valence-corrected chi connectivity index (χ4v) is 2.74. The zero-order valence-electron chi connectivity index (χ0n) is 15.3. The van der Waals surface area contributed by atoms with E-state index in [0.717, 1.165) is 5.56 Å². The molecule has 1 aliphatic heterocycles. The van der Waals surface area contributed by atoms with Crippen LogP contribution in [0.3, 0.4) is 0 Å². The number of pyridine rings is 1. The summed E-state index contributed by atoms with van der Waals surface area (Å²) in [5.74, 6) is 1.17. The van der Waals surface area contributed by atoms with E-state index in [1.165, 1.54) is 6.08 Å². The average Bonchev–Trinajstić information content (AvgIpc) is 3.21. The number of carbonyl (C=O) groups excluding carboxylic acids is 2. The highest BCUT2D eigenvalue weighted by Gasteiger charge is 2.12. The molecule has 3 aromatic rings. The van der Waals surface area contributed by atoms with Gasteiger partial charge in [-0.2, -0.15) is 0 Å². The zero-order chi connectivity index (χ0) is 20.1. The predicted octanol–water partition coefficient (Wildman–Crippen LogP) is 3.71. The Labute approximate surface area is 167 Å². The van der Waals surface area contributed by atoms with Crippen molar-refractivity contribution in [3.8, 4) is 11.5 Å². The fourth-order valence-electron chi connectivity index (χ4n) is 2.74. The summed E-state index contributed by atoms with van der Waals surface area (Å²) in [4.78, 5) is 28.6. The molecule has 1 aromatic heterocycles. The number of hydrogen-bond donors (Lipinski definition) is 2. The predicted molar refractivity (Wildman–Crippen MR) is 109 cm³/mol. The van der Waals surface area contributed by atoms with Crippen molar-refractivity contribution in [2.45, 2.75) is 0 Å². The number of amides is 2. The van der Waals surface area contributed by atoms with Gasteiger partial charge in [0.1, 0.15) is 5.82 Å². The molecule has 0 saturated carbocycles.